The van der Waals surface area contributed by atoms with Crippen molar-refractivity contribution in [3.63, 3.8) is 0 Å². The molecule has 1 fully saturated rings. The van der Waals surface area contributed by atoms with Gasteiger partial charge in [0.25, 0.3) is 5.71 Å². The van der Waals surface area contributed by atoms with Gasteiger partial charge in [-0.2, -0.15) is 4.98 Å². The number of nitrogens with zero attached hydrogens (tertiary/aromatic N) is 5. The van der Waals surface area contributed by atoms with Gasteiger partial charge in [0, 0.05) is 26.2 Å². The van der Waals surface area contributed by atoms with Crippen LogP contribution < -0.4 is 4.90 Å². The highest BCUT2D eigenvalue weighted by atomic mass is 35.5. The van der Waals surface area contributed by atoms with Crippen molar-refractivity contribution in [3.8, 4) is 11.5 Å². The average molecular weight is 330 g/mol. The first kappa shape index (κ1) is 14.4. The van der Waals surface area contributed by atoms with E-state index in [4.69, 9.17) is 16.0 Å². The molecular formula is C16H16ClN5O. The maximum Gasteiger partial charge on any atom is 0.252 e. The van der Waals surface area contributed by atoms with Crippen LogP contribution in [-0.2, 0) is 0 Å². The summed E-state index contributed by atoms with van der Waals surface area (Å²) in [5.41, 5.74) is 1.94. The Kier molecular flexibility index (Phi) is 3.63. The standard InChI is InChI=1S/C16H16ClN5O/c1-21-6-8-22(9-7-21)14-13-16(19-10-18-14)23-15(20-13)11-4-2-3-5-12(11)17/h2-5,10H,6-9H2,1H3. The van der Waals surface area contributed by atoms with Gasteiger partial charge in [-0.15, -0.1) is 0 Å². The zero-order chi connectivity index (χ0) is 15.8. The van der Waals surface area contributed by atoms with Crippen LogP contribution in [0.15, 0.2) is 35.0 Å². The quantitative estimate of drug-likeness (QED) is 0.720. The highest BCUT2D eigenvalue weighted by Gasteiger charge is 2.21. The molecule has 4 rings (SSSR count). The van der Waals surface area contributed by atoms with Crippen molar-refractivity contribution in [3.05, 3.63) is 35.6 Å². The molecule has 2 aromatic heterocycles. The maximum absolute atomic E-state index is 6.24. The lowest BCUT2D eigenvalue weighted by Crippen LogP contribution is -2.44. The Labute approximate surface area is 138 Å². The number of fused-ring (bicyclic) bond motifs is 1. The van der Waals surface area contributed by atoms with Gasteiger partial charge < -0.3 is 14.2 Å². The Morgan fingerprint density at radius 3 is 2.65 bits per heavy atom. The van der Waals surface area contributed by atoms with Crippen molar-refractivity contribution < 1.29 is 4.42 Å². The number of benzene rings is 1. The van der Waals surface area contributed by atoms with Gasteiger partial charge in [0.15, 0.2) is 11.3 Å². The van der Waals surface area contributed by atoms with Crippen LogP contribution in [-0.4, -0.2) is 53.1 Å². The third-order valence-electron chi connectivity index (χ3n) is 4.08. The molecule has 1 aliphatic heterocycles. The van der Waals surface area contributed by atoms with E-state index in [1.165, 1.54) is 6.33 Å². The summed E-state index contributed by atoms with van der Waals surface area (Å²) in [4.78, 5) is 17.8. The lowest BCUT2D eigenvalue weighted by atomic mass is 10.2. The molecular weight excluding hydrogens is 314 g/mol. The summed E-state index contributed by atoms with van der Waals surface area (Å²) in [7, 11) is 2.12. The lowest BCUT2D eigenvalue weighted by Gasteiger charge is -2.32. The first-order chi connectivity index (χ1) is 11.2. The van der Waals surface area contributed by atoms with E-state index in [9.17, 15) is 0 Å². The number of oxazole rings is 1. The highest BCUT2D eigenvalue weighted by molar-refractivity contribution is 6.33. The largest absolute Gasteiger partial charge is 0.417 e. The van der Waals surface area contributed by atoms with Crippen LogP contribution in [0.3, 0.4) is 0 Å². The number of piperazine rings is 1. The molecule has 3 aromatic rings. The smallest absolute Gasteiger partial charge is 0.252 e. The fraction of sp³-hybridized carbons (Fsp3) is 0.312. The van der Waals surface area contributed by atoms with E-state index in [0.29, 0.717) is 22.1 Å². The first-order valence-electron chi connectivity index (χ1n) is 7.52. The van der Waals surface area contributed by atoms with Crippen LogP contribution in [0.5, 0.6) is 0 Å². The third-order valence-corrected chi connectivity index (χ3v) is 4.41. The molecule has 1 aromatic carbocycles. The van der Waals surface area contributed by atoms with Crippen molar-refractivity contribution >= 4 is 28.6 Å². The topological polar surface area (TPSA) is 58.3 Å². The monoisotopic (exact) mass is 329 g/mol. The van der Waals surface area contributed by atoms with Gasteiger partial charge >= 0.3 is 0 Å². The van der Waals surface area contributed by atoms with E-state index < -0.39 is 0 Å². The molecule has 0 N–H and O–H groups in total. The number of hydrogen-bond donors (Lipinski definition) is 0. The van der Waals surface area contributed by atoms with Crippen molar-refractivity contribution in [1.29, 1.82) is 0 Å². The van der Waals surface area contributed by atoms with Gasteiger partial charge in [-0.1, -0.05) is 23.7 Å². The van der Waals surface area contributed by atoms with Crippen LogP contribution in [0, 0.1) is 0 Å². The van der Waals surface area contributed by atoms with Crippen molar-refractivity contribution in [2.45, 2.75) is 0 Å². The molecule has 0 spiro atoms. The second-order valence-electron chi connectivity index (χ2n) is 5.64. The second-order valence-corrected chi connectivity index (χ2v) is 6.05. The summed E-state index contributed by atoms with van der Waals surface area (Å²) in [6, 6.07) is 7.49. The van der Waals surface area contributed by atoms with Crippen LogP contribution in [0.1, 0.15) is 0 Å². The van der Waals surface area contributed by atoms with E-state index in [1.807, 2.05) is 24.3 Å². The molecule has 0 unspecified atom stereocenters. The SMILES string of the molecule is CN1CCN(c2ncnc3oc(-c4ccccc4Cl)nc23)CC1. The molecule has 0 saturated carbocycles. The zero-order valence-electron chi connectivity index (χ0n) is 12.7. The molecule has 118 valence electrons. The molecule has 0 bridgehead atoms. The van der Waals surface area contributed by atoms with Crippen molar-refractivity contribution in [1.82, 2.24) is 19.9 Å². The van der Waals surface area contributed by atoms with E-state index in [0.717, 1.165) is 37.6 Å². The van der Waals surface area contributed by atoms with E-state index in [-0.39, 0.29) is 0 Å². The molecule has 7 heteroatoms. The van der Waals surface area contributed by atoms with Gasteiger partial charge in [-0.05, 0) is 19.2 Å². The summed E-state index contributed by atoms with van der Waals surface area (Å²) >= 11 is 6.24. The predicted molar refractivity (Wildman–Crippen MR) is 89.8 cm³/mol. The Morgan fingerprint density at radius 1 is 1.09 bits per heavy atom. The summed E-state index contributed by atoms with van der Waals surface area (Å²) in [5, 5.41) is 0.605. The lowest BCUT2D eigenvalue weighted by molar-refractivity contribution is 0.312. The fourth-order valence-corrected chi connectivity index (χ4v) is 2.96. The van der Waals surface area contributed by atoms with Crippen LogP contribution >= 0.6 is 11.6 Å². The Morgan fingerprint density at radius 2 is 1.87 bits per heavy atom. The van der Waals surface area contributed by atoms with Gasteiger partial charge in [0.05, 0.1) is 10.6 Å². The van der Waals surface area contributed by atoms with Gasteiger partial charge in [0.2, 0.25) is 5.89 Å². The Hall–Kier alpha value is -2.18. The van der Waals surface area contributed by atoms with Crippen LogP contribution in [0.2, 0.25) is 5.02 Å². The highest BCUT2D eigenvalue weighted by Crippen LogP contribution is 2.31. The average Bonchev–Trinajstić information content (AvgIpc) is 3.00. The van der Waals surface area contributed by atoms with Crippen LogP contribution in [0.4, 0.5) is 5.82 Å². The summed E-state index contributed by atoms with van der Waals surface area (Å²) in [5.74, 6) is 1.30. The van der Waals surface area contributed by atoms with Crippen LogP contribution in [0.25, 0.3) is 22.7 Å². The van der Waals surface area contributed by atoms with Crippen molar-refractivity contribution in [2.24, 2.45) is 0 Å². The molecule has 6 nitrogen and oxygen atoms in total. The minimum absolute atomic E-state index is 0.474. The summed E-state index contributed by atoms with van der Waals surface area (Å²) in [6.45, 7) is 3.83. The Balaban J connectivity index is 1.77. The van der Waals surface area contributed by atoms with Crippen molar-refractivity contribution in [2.75, 3.05) is 38.1 Å². The second kappa shape index (κ2) is 5.79. The number of anilines is 1. The predicted octanol–water partition coefficient (Wildman–Crippen LogP) is 2.69. The molecule has 0 aliphatic carbocycles. The van der Waals surface area contributed by atoms with Gasteiger partial charge in [-0.3, -0.25) is 0 Å². The van der Waals surface area contributed by atoms with E-state index in [2.05, 4.69) is 31.8 Å². The zero-order valence-corrected chi connectivity index (χ0v) is 13.5. The number of hydrogen-bond acceptors (Lipinski definition) is 6. The maximum atomic E-state index is 6.24. The first-order valence-corrected chi connectivity index (χ1v) is 7.90. The van der Waals surface area contributed by atoms with E-state index >= 15 is 0 Å². The molecule has 0 atom stereocenters. The summed E-state index contributed by atoms with van der Waals surface area (Å²) < 4.78 is 5.80. The number of likely N-dealkylation sites (N-methyl/N-ethyl adjacent to an activating group) is 1. The normalized spacial score (nSPS) is 16.2. The minimum Gasteiger partial charge on any atom is -0.417 e. The fourth-order valence-electron chi connectivity index (χ4n) is 2.74. The van der Waals surface area contributed by atoms with Gasteiger partial charge in [0.1, 0.15) is 6.33 Å². The minimum atomic E-state index is 0.474. The number of rotatable bonds is 2. The summed E-state index contributed by atoms with van der Waals surface area (Å²) in [6.07, 6.45) is 1.53. The molecule has 1 aliphatic rings. The molecule has 0 amide bonds. The molecule has 0 radical (unpaired) electrons. The Bertz CT molecular complexity index is 841. The molecule has 3 heterocycles. The van der Waals surface area contributed by atoms with Gasteiger partial charge in [-0.25, -0.2) is 9.97 Å². The van der Waals surface area contributed by atoms with E-state index in [1.54, 1.807) is 0 Å². The molecule has 23 heavy (non-hydrogen) atoms. The molecule has 1 saturated heterocycles. The number of aromatic nitrogens is 3. The third kappa shape index (κ3) is 2.64. The number of halogens is 1.